The summed E-state index contributed by atoms with van der Waals surface area (Å²) in [5.41, 5.74) is 3.33. The van der Waals surface area contributed by atoms with Gasteiger partial charge in [0.25, 0.3) is 5.56 Å². The lowest BCUT2D eigenvalue weighted by Crippen LogP contribution is -2.39. The van der Waals surface area contributed by atoms with E-state index in [1.54, 1.807) is 36.6 Å². The number of rotatable bonds is 7. The molecule has 1 N–H and O–H groups in total. The van der Waals surface area contributed by atoms with Gasteiger partial charge in [-0.25, -0.2) is 9.79 Å². The van der Waals surface area contributed by atoms with Gasteiger partial charge in [0.05, 0.1) is 35.1 Å². The van der Waals surface area contributed by atoms with Gasteiger partial charge in [0.2, 0.25) is 0 Å². The lowest BCUT2D eigenvalue weighted by Gasteiger charge is -2.25. The van der Waals surface area contributed by atoms with Crippen molar-refractivity contribution in [2.75, 3.05) is 13.2 Å². The van der Waals surface area contributed by atoms with Crippen molar-refractivity contribution in [1.29, 1.82) is 0 Å². The van der Waals surface area contributed by atoms with Crippen LogP contribution < -0.4 is 19.6 Å². The van der Waals surface area contributed by atoms with E-state index in [1.807, 2.05) is 31.2 Å². The third-order valence-electron chi connectivity index (χ3n) is 6.02. The summed E-state index contributed by atoms with van der Waals surface area (Å²) in [5, 5.41) is 10.0. The van der Waals surface area contributed by atoms with Crippen LogP contribution in [0.3, 0.4) is 0 Å². The van der Waals surface area contributed by atoms with E-state index in [2.05, 4.69) is 18.8 Å². The molecule has 1 aliphatic heterocycles. The van der Waals surface area contributed by atoms with Crippen LogP contribution in [0.4, 0.5) is 0 Å². The van der Waals surface area contributed by atoms with Crippen molar-refractivity contribution in [3.8, 4) is 11.5 Å². The number of carbonyl (C=O) groups is 1. The molecule has 4 rings (SSSR count). The van der Waals surface area contributed by atoms with Gasteiger partial charge < -0.3 is 14.6 Å². The molecule has 1 atom stereocenters. The monoisotopic (exact) mass is 506 g/mol. The minimum Gasteiger partial charge on any atom is -0.504 e. The Balaban J connectivity index is 1.90. The molecule has 8 heteroatoms. The number of ether oxygens (including phenoxy) is 2. The zero-order valence-corrected chi connectivity index (χ0v) is 21.9. The molecule has 1 aliphatic rings. The largest absolute Gasteiger partial charge is 0.504 e. The van der Waals surface area contributed by atoms with Crippen LogP contribution in [0, 0.1) is 0 Å². The molecule has 0 saturated heterocycles. The van der Waals surface area contributed by atoms with Gasteiger partial charge in [-0.15, -0.1) is 0 Å². The van der Waals surface area contributed by atoms with Crippen LogP contribution in [0.2, 0.25) is 0 Å². The number of phenols is 1. The van der Waals surface area contributed by atoms with E-state index in [-0.39, 0.29) is 17.9 Å². The van der Waals surface area contributed by atoms with Gasteiger partial charge in [0, 0.05) is 0 Å². The topological polar surface area (TPSA) is 90.1 Å². The molecule has 2 heterocycles. The second-order valence-electron chi connectivity index (χ2n) is 8.78. The second-order valence-corrected chi connectivity index (χ2v) is 9.79. The second kappa shape index (κ2) is 10.5. The Kier molecular flexibility index (Phi) is 7.45. The maximum atomic E-state index is 13.7. The average molecular weight is 507 g/mol. The third kappa shape index (κ3) is 4.86. The third-order valence-corrected chi connectivity index (χ3v) is 7.00. The fourth-order valence-electron chi connectivity index (χ4n) is 4.21. The molecule has 3 aromatic rings. The molecule has 1 aromatic heterocycles. The zero-order valence-electron chi connectivity index (χ0n) is 21.1. The smallest absolute Gasteiger partial charge is 0.338 e. The fraction of sp³-hybridized carbons (Fsp3) is 0.321. The van der Waals surface area contributed by atoms with E-state index in [0.29, 0.717) is 44.4 Å². The van der Waals surface area contributed by atoms with E-state index in [0.717, 1.165) is 5.56 Å². The van der Waals surface area contributed by atoms with Crippen LogP contribution in [0.25, 0.3) is 6.08 Å². The summed E-state index contributed by atoms with van der Waals surface area (Å²) in [6.45, 7) is 10.2. The van der Waals surface area contributed by atoms with Gasteiger partial charge in [0.1, 0.15) is 0 Å². The Hall–Kier alpha value is -3.65. The summed E-state index contributed by atoms with van der Waals surface area (Å²) in [4.78, 5) is 31.9. The number of nitrogens with zero attached hydrogens (tertiary/aromatic N) is 2. The Morgan fingerprint density at radius 1 is 1.17 bits per heavy atom. The van der Waals surface area contributed by atoms with Gasteiger partial charge in [-0.3, -0.25) is 9.36 Å². The first-order valence-electron chi connectivity index (χ1n) is 12.0. The first-order valence-corrected chi connectivity index (χ1v) is 12.8. The Bertz CT molecular complexity index is 1500. The average Bonchev–Trinajstić information content (AvgIpc) is 3.15. The normalized spacial score (nSPS) is 15.6. The zero-order chi connectivity index (χ0) is 26.0. The van der Waals surface area contributed by atoms with Crippen LogP contribution in [0.5, 0.6) is 11.5 Å². The van der Waals surface area contributed by atoms with E-state index in [9.17, 15) is 14.7 Å². The van der Waals surface area contributed by atoms with E-state index < -0.39 is 12.0 Å². The molecule has 0 bridgehead atoms. The number of benzene rings is 2. The van der Waals surface area contributed by atoms with Crippen LogP contribution in [-0.2, 0) is 9.53 Å². The molecule has 1 unspecified atom stereocenters. The molecule has 0 aliphatic carbocycles. The highest BCUT2D eigenvalue weighted by molar-refractivity contribution is 7.07. The first-order chi connectivity index (χ1) is 17.2. The van der Waals surface area contributed by atoms with E-state index >= 15 is 0 Å². The maximum Gasteiger partial charge on any atom is 0.338 e. The Morgan fingerprint density at radius 3 is 2.53 bits per heavy atom. The number of phenolic OH excluding ortho intramolecular Hbond substituents is 1. The quantitative estimate of drug-likeness (QED) is 0.489. The molecule has 36 heavy (non-hydrogen) atoms. The van der Waals surface area contributed by atoms with Crippen LogP contribution in [0.15, 0.2) is 63.5 Å². The summed E-state index contributed by atoms with van der Waals surface area (Å²) in [6, 6.07) is 12.3. The molecule has 0 amide bonds. The molecule has 0 radical (unpaired) electrons. The maximum absolute atomic E-state index is 13.7. The molecular weight excluding hydrogens is 476 g/mol. The van der Waals surface area contributed by atoms with Crippen molar-refractivity contribution in [3.05, 3.63) is 90.1 Å². The Morgan fingerprint density at radius 2 is 1.89 bits per heavy atom. The molecule has 188 valence electrons. The molecule has 0 spiro atoms. The fourth-order valence-corrected chi connectivity index (χ4v) is 5.26. The van der Waals surface area contributed by atoms with E-state index in [4.69, 9.17) is 9.47 Å². The summed E-state index contributed by atoms with van der Waals surface area (Å²) in [7, 11) is 0. The number of allylic oxidation sites excluding steroid dienone is 1. The van der Waals surface area contributed by atoms with Crippen molar-refractivity contribution in [2.24, 2.45) is 4.99 Å². The Labute approximate surface area is 213 Å². The van der Waals surface area contributed by atoms with E-state index in [1.165, 1.54) is 23.0 Å². The summed E-state index contributed by atoms with van der Waals surface area (Å²) in [5.74, 6) is 0.262. The highest BCUT2D eigenvalue weighted by Gasteiger charge is 2.33. The van der Waals surface area contributed by atoms with Crippen molar-refractivity contribution < 1.29 is 19.4 Å². The van der Waals surface area contributed by atoms with Crippen molar-refractivity contribution in [3.63, 3.8) is 0 Å². The predicted molar refractivity (Wildman–Crippen MR) is 140 cm³/mol. The number of esters is 1. The molecule has 0 saturated carbocycles. The van der Waals surface area contributed by atoms with Crippen molar-refractivity contribution in [2.45, 2.75) is 46.6 Å². The van der Waals surface area contributed by atoms with Crippen molar-refractivity contribution >= 4 is 23.4 Å². The van der Waals surface area contributed by atoms with Crippen LogP contribution >= 0.6 is 11.3 Å². The number of thiazole rings is 1. The SMILES string of the molecule is CCOC(=O)C1=C(C)N=c2s/c(=C/c3ccc(O)c(OCC)c3)c(=O)n2C1c1ccc(C(C)C)cc1. The number of hydrogen-bond donors (Lipinski definition) is 1. The van der Waals surface area contributed by atoms with Crippen LogP contribution in [-0.4, -0.2) is 28.9 Å². The highest BCUT2D eigenvalue weighted by Crippen LogP contribution is 2.32. The minimum absolute atomic E-state index is 0.0370. The molecule has 7 nitrogen and oxygen atoms in total. The van der Waals surface area contributed by atoms with Crippen LogP contribution in [0.1, 0.15) is 63.3 Å². The van der Waals surface area contributed by atoms with Gasteiger partial charge >= 0.3 is 5.97 Å². The van der Waals surface area contributed by atoms with Gasteiger partial charge in [0.15, 0.2) is 16.3 Å². The number of fused-ring (bicyclic) bond motifs is 1. The molecular formula is C28H30N2O5S. The standard InChI is InChI=1S/C28H30N2O5S/c1-6-34-22-14-18(8-13-21(22)31)15-23-26(32)30-25(20-11-9-19(10-12-20)16(3)4)24(27(33)35-7-2)17(5)29-28(30)36-23/h8-16,25,31H,6-7H2,1-5H3/b23-15+. The number of aromatic nitrogens is 1. The van der Waals surface area contributed by atoms with Gasteiger partial charge in [-0.1, -0.05) is 55.5 Å². The van der Waals surface area contributed by atoms with Gasteiger partial charge in [-0.05, 0) is 61.6 Å². The van der Waals surface area contributed by atoms with Crippen molar-refractivity contribution in [1.82, 2.24) is 4.57 Å². The molecule has 0 fully saturated rings. The summed E-state index contributed by atoms with van der Waals surface area (Å²) >= 11 is 1.26. The lowest BCUT2D eigenvalue weighted by molar-refractivity contribution is -0.139. The number of aromatic hydroxyl groups is 1. The first kappa shape index (κ1) is 25.4. The minimum atomic E-state index is -0.650. The summed E-state index contributed by atoms with van der Waals surface area (Å²) < 4.78 is 12.9. The van der Waals surface area contributed by atoms with Gasteiger partial charge in [-0.2, -0.15) is 0 Å². The molecule has 2 aromatic carbocycles. The number of carbonyl (C=O) groups excluding carboxylic acids is 1. The summed E-state index contributed by atoms with van der Waals surface area (Å²) in [6.07, 6.45) is 1.74. The highest BCUT2D eigenvalue weighted by atomic mass is 32.1. The number of hydrogen-bond acceptors (Lipinski definition) is 7. The lowest BCUT2D eigenvalue weighted by atomic mass is 9.93. The predicted octanol–water partition coefficient (Wildman–Crippen LogP) is 4.03.